The summed E-state index contributed by atoms with van der Waals surface area (Å²) in [7, 11) is 0. The first-order valence-electron chi connectivity index (χ1n) is 7.86. The molecular weight excluding hydrogens is 350 g/mol. The summed E-state index contributed by atoms with van der Waals surface area (Å²) in [4.78, 5) is 28.0. The predicted octanol–water partition coefficient (Wildman–Crippen LogP) is 3.38. The van der Waals surface area contributed by atoms with E-state index in [0.717, 1.165) is 10.7 Å². The molecule has 0 aliphatic carbocycles. The Kier molecular flexibility index (Phi) is 5.28. The Morgan fingerprint density at radius 2 is 1.92 bits per heavy atom. The second kappa shape index (κ2) is 7.79. The molecule has 0 saturated carbocycles. The van der Waals surface area contributed by atoms with Gasteiger partial charge in [0.1, 0.15) is 12.4 Å². The van der Waals surface area contributed by atoms with Crippen LogP contribution in [0.1, 0.15) is 31.4 Å². The molecule has 0 atom stereocenters. The van der Waals surface area contributed by atoms with Crippen LogP contribution in [0.25, 0.3) is 0 Å². The van der Waals surface area contributed by atoms with Gasteiger partial charge in [-0.25, -0.2) is 4.98 Å². The molecular formula is C19H17N3O3S. The van der Waals surface area contributed by atoms with Crippen LogP contribution in [0.5, 0.6) is 5.75 Å². The van der Waals surface area contributed by atoms with Crippen LogP contribution in [0, 0.1) is 6.92 Å². The average Bonchev–Trinajstić information content (AvgIpc) is 3.06. The van der Waals surface area contributed by atoms with Crippen LogP contribution in [0.2, 0.25) is 0 Å². The van der Waals surface area contributed by atoms with Gasteiger partial charge in [0.05, 0.1) is 10.7 Å². The highest BCUT2D eigenvalue weighted by atomic mass is 32.1. The molecule has 2 aromatic carbocycles. The summed E-state index contributed by atoms with van der Waals surface area (Å²) >= 11 is 1.56. The molecule has 1 heterocycles. The van der Waals surface area contributed by atoms with Crippen molar-refractivity contribution in [2.45, 2.75) is 13.5 Å². The molecule has 0 aliphatic heterocycles. The Hall–Kier alpha value is -3.19. The second-order valence-corrected chi connectivity index (χ2v) is 6.64. The molecule has 7 heteroatoms. The normalized spacial score (nSPS) is 10.3. The van der Waals surface area contributed by atoms with Gasteiger partial charge < -0.3 is 15.8 Å². The predicted molar refractivity (Wildman–Crippen MR) is 101 cm³/mol. The maximum absolute atomic E-state index is 12.4. The van der Waals surface area contributed by atoms with E-state index in [1.54, 1.807) is 53.8 Å². The SMILES string of the molecule is Cc1nc(COc2cccc(C(=O)Nc3cccc(C(N)=O)c3)c2)cs1. The molecule has 0 saturated heterocycles. The molecule has 0 radical (unpaired) electrons. The van der Waals surface area contributed by atoms with Gasteiger partial charge in [-0.2, -0.15) is 0 Å². The highest BCUT2D eigenvalue weighted by molar-refractivity contribution is 7.09. The highest BCUT2D eigenvalue weighted by Gasteiger charge is 2.09. The summed E-state index contributed by atoms with van der Waals surface area (Å²) < 4.78 is 5.70. The smallest absolute Gasteiger partial charge is 0.255 e. The van der Waals surface area contributed by atoms with E-state index < -0.39 is 5.91 Å². The summed E-state index contributed by atoms with van der Waals surface area (Å²) in [5, 5.41) is 5.67. The van der Waals surface area contributed by atoms with Gasteiger partial charge in [-0.3, -0.25) is 9.59 Å². The van der Waals surface area contributed by atoms with E-state index in [-0.39, 0.29) is 5.91 Å². The number of aromatic nitrogens is 1. The zero-order chi connectivity index (χ0) is 18.5. The number of benzene rings is 2. The lowest BCUT2D eigenvalue weighted by atomic mass is 10.1. The Morgan fingerprint density at radius 1 is 1.15 bits per heavy atom. The zero-order valence-electron chi connectivity index (χ0n) is 14.1. The van der Waals surface area contributed by atoms with Crippen molar-refractivity contribution in [2.75, 3.05) is 5.32 Å². The van der Waals surface area contributed by atoms with Crippen LogP contribution in [0.4, 0.5) is 5.69 Å². The first-order valence-corrected chi connectivity index (χ1v) is 8.74. The van der Waals surface area contributed by atoms with E-state index in [2.05, 4.69) is 10.3 Å². The van der Waals surface area contributed by atoms with E-state index in [1.165, 1.54) is 6.07 Å². The summed E-state index contributed by atoms with van der Waals surface area (Å²) in [6.07, 6.45) is 0. The molecule has 6 nitrogen and oxygen atoms in total. The Balaban J connectivity index is 1.68. The highest BCUT2D eigenvalue weighted by Crippen LogP contribution is 2.18. The van der Waals surface area contributed by atoms with Crippen molar-refractivity contribution in [1.29, 1.82) is 0 Å². The van der Waals surface area contributed by atoms with Crippen molar-refractivity contribution in [3.8, 4) is 5.75 Å². The number of hydrogen-bond acceptors (Lipinski definition) is 5. The maximum Gasteiger partial charge on any atom is 0.255 e. The third-order valence-corrected chi connectivity index (χ3v) is 4.38. The van der Waals surface area contributed by atoms with Crippen molar-refractivity contribution >= 4 is 28.8 Å². The minimum atomic E-state index is -0.547. The first-order chi connectivity index (χ1) is 12.5. The molecule has 0 fully saturated rings. The number of amides is 2. The van der Waals surface area contributed by atoms with Gasteiger partial charge in [0.2, 0.25) is 5.91 Å². The van der Waals surface area contributed by atoms with Crippen LogP contribution in [0.15, 0.2) is 53.9 Å². The van der Waals surface area contributed by atoms with Gasteiger partial charge in [-0.1, -0.05) is 12.1 Å². The molecule has 26 heavy (non-hydrogen) atoms. The summed E-state index contributed by atoms with van der Waals surface area (Å²) in [6.45, 7) is 2.28. The number of nitrogens with zero attached hydrogens (tertiary/aromatic N) is 1. The van der Waals surface area contributed by atoms with Gasteiger partial charge in [-0.15, -0.1) is 11.3 Å². The number of hydrogen-bond donors (Lipinski definition) is 2. The number of rotatable bonds is 6. The van der Waals surface area contributed by atoms with E-state index in [4.69, 9.17) is 10.5 Å². The molecule has 3 rings (SSSR count). The van der Waals surface area contributed by atoms with Crippen molar-refractivity contribution in [1.82, 2.24) is 4.98 Å². The summed E-state index contributed by atoms with van der Waals surface area (Å²) in [5.74, 6) is -0.274. The van der Waals surface area contributed by atoms with Crippen LogP contribution < -0.4 is 15.8 Å². The molecule has 3 aromatic rings. The van der Waals surface area contributed by atoms with Gasteiger partial charge in [-0.05, 0) is 43.3 Å². The van der Waals surface area contributed by atoms with Gasteiger partial charge >= 0.3 is 0 Å². The fraction of sp³-hybridized carbons (Fsp3) is 0.105. The Bertz CT molecular complexity index is 952. The van der Waals surface area contributed by atoms with Gasteiger partial charge in [0.25, 0.3) is 5.91 Å². The lowest BCUT2D eigenvalue weighted by Gasteiger charge is -2.09. The molecule has 0 unspecified atom stereocenters. The molecule has 0 aliphatic rings. The standard InChI is InChI=1S/C19H17N3O3S/c1-12-21-16(11-26-12)10-25-17-7-3-5-14(9-17)19(24)22-15-6-2-4-13(8-15)18(20)23/h2-9,11H,10H2,1H3,(H2,20,23)(H,22,24). The van der Waals surface area contributed by atoms with Crippen LogP contribution in [0.3, 0.4) is 0 Å². The minimum Gasteiger partial charge on any atom is -0.487 e. The molecule has 2 amide bonds. The van der Waals surface area contributed by atoms with Crippen molar-refractivity contribution in [3.05, 3.63) is 75.7 Å². The lowest BCUT2D eigenvalue weighted by molar-refractivity contribution is 0.0996. The lowest BCUT2D eigenvalue weighted by Crippen LogP contribution is -2.14. The van der Waals surface area contributed by atoms with E-state index in [9.17, 15) is 9.59 Å². The third-order valence-electron chi connectivity index (χ3n) is 3.55. The number of primary amides is 1. The van der Waals surface area contributed by atoms with Crippen LogP contribution in [-0.4, -0.2) is 16.8 Å². The molecule has 0 bridgehead atoms. The monoisotopic (exact) mass is 367 g/mol. The van der Waals surface area contributed by atoms with Crippen molar-refractivity contribution in [3.63, 3.8) is 0 Å². The molecule has 132 valence electrons. The Labute approximate surface area is 154 Å². The zero-order valence-corrected chi connectivity index (χ0v) is 14.9. The maximum atomic E-state index is 12.4. The fourth-order valence-electron chi connectivity index (χ4n) is 2.31. The number of aryl methyl sites for hydroxylation is 1. The molecule has 0 spiro atoms. The first kappa shape index (κ1) is 17.6. The topological polar surface area (TPSA) is 94.3 Å². The fourth-order valence-corrected chi connectivity index (χ4v) is 2.91. The average molecular weight is 367 g/mol. The minimum absolute atomic E-state index is 0.304. The number of carbonyl (C=O) groups excluding carboxylic acids is 2. The van der Waals surface area contributed by atoms with E-state index in [1.807, 2.05) is 12.3 Å². The van der Waals surface area contributed by atoms with Gasteiger partial charge in [0.15, 0.2) is 0 Å². The number of ether oxygens (including phenoxy) is 1. The van der Waals surface area contributed by atoms with Crippen LogP contribution in [-0.2, 0) is 6.61 Å². The number of thiazole rings is 1. The van der Waals surface area contributed by atoms with Crippen LogP contribution >= 0.6 is 11.3 Å². The quantitative estimate of drug-likeness (QED) is 0.698. The largest absolute Gasteiger partial charge is 0.487 e. The summed E-state index contributed by atoms with van der Waals surface area (Å²) in [5.41, 5.74) is 7.38. The number of nitrogens with one attached hydrogen (secondary N) is 1. The number of nitrogens with two attached hydrogens (primary N) is 1. The summed E-state index contributed by atoms with van der Waals surface area (Å²) in [6, 6.07) is 13.3. The third kappa shape index (κ3) is 4.46. The van der Waals surface area contributed by atoms with E-state index in [0.29, 0.717) is 29.2 Å². The Morgan fingerprint density at radius 3 is 2.65 bits per heavy atom. The van der Waals surface area contributed by atoms with E-state index >= 15 is 0 Å². The van der Waals surface area contributed by atoms with Crippen molar-refractivity contribution < 1.29 is 14.3 Å². The number of carbonyl (C=O) groups is 2. The molecule has 3 N–H and O–H groups in total. The van der Waals surface area contributed by atoms with Gasteiger partial charge in [0, 0.05) is 22.2 Å². The second-order valence-electron chi connectivity index (χ2n) is 5.57. The van der Waals surface area contributed by atoms with Crippen molar-refractivity contribution in [2.24, 2.45) is 5.73 Å². The molecule has 1 aromatic heterocycles. The number of anilines is 1.